The number of rotatable bonds is 4. The van der Waals surface area contributed by atoms with Crippen LogP contribution in [0.4, 0.5) is 16.7 Å². The predicted octanol–water partition coefficient (Wildman–Crippen LogP) is 2.62. The highest BCUT2D eigenvalue weighted by Gasteiger charge is 2.27. The average molecular weight is 513 g/mol. The molecule has 5 rings (SSSR count). The van der Waals surface area contributed by atoms with E-state index in [-0.39, 0.29) is 12.0 Å². The third-order valence-electron chi connectivity index (χ3n) is 6.13. The summed E-state index contributed by atoms with van der Waals surface area (Å²) in [5, 5.41) is 2.16. The molecule has 5 heterocycles. The molecule has 1 amide bonds. The summed E-state index contributed by atoms with van der Waals surface area (Å²) in [5.74, 6) is 0.918. The number of nitrogens with zero attached hydrogens (tertiary/aromatic N) is 7. The Bertz CT molecular complexity index is 1210. The van der Waals surface area contributed by atoms with E-state index in [1.54, 1.807) is 28.6 Å². The van der Waals surface area contributed by atoms with E-state index in [0.717, 1.165) is 59.8 Å². The molecule has 36 heavy (non-hydrogen) atoms. The van der Waals surface area contributed by atoms with E-state index in [1.807, 2.05) is 20.8 Å². The normalized spacial score (nSPS) is 17.5. The van der Waals surface area contributed by atoms with Crippen LogP contribution in [0.15, 0.2) is 17.8 Å². The number of ether oxygens (including phenoxy) is 2. The van der Waals surface area contributed by atoms with Crippen molar-refractivity contribution in [3.63, 3.8) is 0 Å². The lowest BCUT2D eigenvalue weighted by Crippen LogP contribution is -2.49. The van der Waals surface area contributed by atoms with Crippen molar-refractivity contribution >= 4 is 39.5 Å². The molecule has 2 fully saturated rings. The SMILES string of the molecule is CC(C)(C)OC(=O)N1CCN(Cc2csc3c(-c4cnc(N)nc4)nc(N4CCOCC4)nc23)CC1. The van der Waals surface area contributed by atoms with Crippen LogP contribution in [-0.4, -0.2) is 93.9 Å². The molecule has 3 aromatic rings. The Morgan fingerprint density at radius 2 is 1.78 bits per heavy atom. The van der Waals surface area contributed by atoms with Crippen LogP contribution in [0, 0.1) is 0 Å². The molecule has 2 N–H and O–H groups in total. The third-order valence-corrected chi connectivity index (χ3v) is 7.16. The first-order valence-corrected chi connectivity index (χ1v) is 13.0. The van der Waals surface area contributed by atoms with Gasteiger partial charge in [0.25, 0.3) is 0 Å². The quantitative estimate of drug-likeness (QED) is 0.558. The van der Waals surface area contributed by atoms with Crippen molar-refractivity contribution < 1.29 is 14.3 Å². The summed E-state index contributed by atoms with van der Waals surface area (Å²) in [5.41, 5.74) is 8.94. The summed E-state index contributed by atoms with van der Waals surface area (Å²) in [4.78, 5) is 37.0. The number of morpholine rings is 1. The standard InChI is InChI=1S/C24H32N8O3S/c1-24(2,3)35-23(33)32-6-4-30(5-7-32)14-17-15-36-20-18(16-12-26-21(25)27-13-16)28-22(29-19(17)20)31-8-10-34-11-9-31/h12-13,15H,4-11,14H2,1-3H3,(H2,25,26,27). The Kier molecular flexibility index (Phi) is 6.91. The lowest BCUT2D eigenvalue weighted by atomic mass is 10.1. The Balaban J connectivity index is 1.39. The highest BCUT2D eigenvalue weighted by Crippen LogP contribution is 2.35. The molecular formula is C24H32N8O3S. The third kappa shape index (κ3) is 5.50. The van der Waals surface area contributed by atoms with Gasteiger partial charge in [0.15, 0.2) is 0 Å². The number of hydrogen-bond acceptors (Lipinski definition) is 11. The number of fused-ring (bicyclic) bond motifs is 1. The monoisotopic (exact) mass is 512 g/mol. The van der Waals surface area contributed by atoms with E-state index in [4.69, 9.17) is 25.2 Å². The van der Waals surface area contributed by atoms with E-state index < -0.39 is 5.60 Å². The second-order valence-electron chi connectivity index (χ2n) is 9.98. The molecule has 0 spiro atoms. The van der Waals surface area contributed by atoms with Crippen molar-refractivity contribution in [2.45, 2.75) is 32.9 Å². The number of anilines is 2. The summed E-state index contributed by atoms with van der Waals surface area (Å²) in [6, 6.07) is 0. The lowest BCUT2D eigenvalue weighted by Gasteiger charge is -2.35. The fourth-order valence-corrected chi connectivity index (χ4v) is 5.29. The molecule has 2 aliphatic heterocycles. The Hall–Kier alpha value is -3.09. The van der Waals surface area contributed by atoms with E-state index in [9.17, 15) is 4.79 Å². The minimum Gasteiger partial charge on any atom is -0.444 e. The maximum Gasteiger partial charge on any atom is 0.410 e. The van der Waals surface area contributed by atoms with Crippen molar-refractivity contribution in [1.82, 2.24) is 29.7 Å². The van der Waals surface area contributed by atoms with Gasteiger partial charge in [-0.05, 0) is 26.2 Å². The van der Waals surface area contributed by atoms with Crippen LogP contribution >= 0.6 is 11.3 Å². The number of piperazine rings is 1. The average Bonchev–Trinajstić information content (AvgIpc) is 3.26. The fourth-order valence-electron chi connectivity index (χ4n) is 4.28. The van der Waals surface area contributed by atoms with Crippen LogP contribution in [-0.2, 0) is 16.0 Å². The number of nitrogen functional groups attached to an aromatic ring is 1. The maximum atomic E-state index is 12.4. The molecule has 0 bridgehead atoms. The van der Waals surface area contributed by atoms with Gasteiger partial charge >= 0.3 is 6.09 Å². The van der Waals surface area contributed by atoms with Crippen molar-refractivity contribution in [1.29, 1.82) is 0 Å². The molecule has 0 radical (unpaired) electrons. The number of carbonyl (C=O) groups is 1. The first-order valence-electron chi connectivity index (χ1n) is 12.2. The second kappa shape index (κ2) is 10.1. The van der Waals surface area contributed by atoms with Gasteiger partial charge in [-0.3, -0.25) is 4.90 Å². The van der Waals surface area contributed by atoms with Gasteiger partial charge in [0.2, 0.25) is 11.9 Å². The second-order valence-corrected chi connectivity index (χ2v) is 10.9. The van der Waals surface area contributed by atoms with Gasteiger partial charge in [0.1, 0.15) is 5.60 Å². The van der Waals surface area contributed by atoms with Gasteiger partial charge in [-0.25, -0.2) is 24.7 Å². The number of amides is 1. The van der Waals surface area contributed by atoms with Gasteiger partial charge < -0.3 is 25.0 Å². The van der Waals surface area contributed by atoms with Gasteiger partial charge in [0, 0.05) is 69.3 Å². The summed E-state index contributed by atoms with van der Waals surface area (Å²) in [6.45, 7) is 12.0. The molecule has 12 heteroatoms. The van der Waals surface area contributed by atoms with Crippen molar-refractivity contribution in [2.24, 2.45) is 0 Å². The predicted molar refractivity (Wildman–Crippen MR) is 139 cm³/mol. The number of carbonyl (C=O) groups excluding carboxylic acids is 1. The number of thiophene rings is 1. The molecule has 11 nitrogen and oxygen atoms in total. The molecule has 0 aliphatic carbocycles. The molecule has 0 aromatic carbocycles. The number of nitrogens with two attached hydrogens (primary N) is 1. The largest absolute Gasteiger partial charge is 0.444 e. The molecule has 2 aliphatic rings. The molecular weight excluding hydrogens is 480 g/mol. The van der Waals surface area contributed by atoms with Crippen LogP contribution in [0.5, 0.6) is 0 Å². The number of aromatic nitrogens is 4. The molecule has 0 unspecified atom stereocenters. The Morgan fingerprint density at radius 3 is 2.44 bits per heavy atom. The zero-order chi connectivity index (χ0) is 25.3. The summed E-state index contributed by atoms with van der Waals surface area (Å²) in [6.07, 6.45) is 3.17. The maximum absolute atomic E-state index is 12.4. The Morgan fingerprint density at radius 1 is 1.08 bits per heavy atom. The van der Waals surface area contributed by atoms with Gasteiger partial charge in [0.05, 0.1) is 29.1 Å². The summed E-state index contributed by atoms with van der Waals surface area (Å²) in [7, 11) is 0. The van der Waals surface area contributed by atoms with Crippen molar-refractivity contribution in [2.75, 3.05) is 63.1 Å². The van der Waals surface area contributed by atoms with E-state index in [2.05, 4.69) is 25.1 Å². The van der Waals surface area contributed by atoms with Crippen LogP contribution in [0.2, 0.25) is 0 Å². The number of hydrogen-bond donors (Lipinski definition) is 1. The minimum absolute atomic E-state index is 0.231. The van der Waals surface area contributed by atoms with Gasteiger partial charge in [-0.1, -0.05) is 0 Å². The smallest absolute Gasteiger partial charge is 0.410 e. The van der Waals surface area contributed by atoms with E-state index in [0.29, 0.717) is 32.3 Å². The Labute approximate surface area is 214 Å². The molecule has 2 saturated heterocycles. The lowest BCUT2D eigenvalue weighted by molar-refractivity contribution is 0.0139. The molecule has 192 valence electrons. The molecule has 0 saturated carbocycles. The minimum atomic E-state index is -0.491. The van der Waals surface area contributed by atoms with Gasteiger partial charge in [-0.15, -0.1) is 11.3 Å². The highest BCUT2D eigenvalue weighted by molar-refractivity contribution is 7.17. The highest BCUT2D eigenvalue weighted by atomic mass is 32.1. The van der Waals surface area contributed by atoms with E-state index in [1.165, 1.54) is 0 Å². The fraction of sp³-hybridized carbons (Fsp3) is 0.542. The summed E-state index contributed by atoms with van der Waals surface area (Å²) >= 11 is 1.63. The first kappa shape index (κ1) is 24.6. The van der Waals surface area contributed by atoms with Crippen LogP contribution in [0.25, 0.3) is 21.5 Å². The zero-order valence-corrected chi connectivity index (χ0v) is 21.8. The van der Waals surface area contributed by atoms with E-state index >= 15 is 0 Å². The zero-order valence-electron chi connectivity index (χ0n) is 20.9. The van der Waals surface area contributed by atoms with Crippen LogP contribution in [0.3, 0.4) is 0 Å². The van der Waals surface area contributed by atoms with Gasteiger partial charge in [-0.2, -0.15) is 0 Å². The molecule has 0 atom stereocenters. The first-order chi connectivity index (χ1) is 17.3. The summed E-state index contributed by atoms with van der Waals surface area (Å²) < 4.78 is 12.1. The molecule has 3 aromatic heterocycles. The topological polar surface area (TPSA) is 123 Å². The van der Waals surface area contributed by atoms with Crippen molar-refractivity contribution in [3.8, 4) is 11.3 Å². The van der Waals surface area contributed by atoms with Crippen LogP contribution in [0.1, 0.15) is 26.3 Å². The van der Waals surface area contributed by atoms with Crippen LogP contribution < -0.4 is 10.6 Å². The van der Waals surface area contributed by atoms with Crippen molar-refractivity contribution in [3.05, 3.63) is 23.3 Å².